The van der Waals surface area contributed by atoms with E-state index < -0.39 is 6.10 Å². The molecule has 0 fully saturated rings. The van der Waals surface area contributed by atoms with Gasteiger partial charge in [-0.15, -0.1) is 0 Å². The second kappa shape index (κ2) is 5.78. The molecular formula is C16H17FO. The monoisotopic (exact) mass is 244 g/mol. The normalized spacial score (nSPS) is 12.4. The van der Waals surface area contributed by atoms with E-state index in [0.717, 1.165) is 17.5 Å². The molecule has 0 aromatic heterocycles. The van der Waals surface area contributed by atoms with Crippen molar-refractivity contribution in [3.05, 3.63) is 71.0 Å². The summed E-state index contributed by atoms with van der Waals surface area (Å²) in [5.74, 6) is -0.224. The molecule has 0 unspecified atom stereocenters. The lowest BCUT2D eigenvalue weighted by Gasteiger charge is -2.11. The highest BCUT2D eigenvalue weighted by atomic mass is 19.1. The fourth-order valence-electron chi connectivity index (χ4n) is 1.91. The molecule has 0 bridgehead atoms. The van der Waals surface area contributed by atoms with Gasteiger partial charge < -0.3 is 5.11 Å². The highest BCUT2D eigenvalue weighted by Gasteiger charge is 2.07. The lowest BCUT2D eigenvalue weighted by atomic mass is 10.0. The summed E-state index contributed by atoms with van der Waals surface area (Å²) in [6.07, 6.45) is 0.931. The molecule has 0 aliphatic heterocycles. The van der Waals surface area contributed by atoms with Gasteiger partial charge in [-0.25, -0.2) is 4.39 Å². The number of aliphatic hydroxyl groups excluding tert-OH is 1. The smallest absolute Gasteiger partial charge is 0.123 e. The molecular weight excluding hydrogens is 227 g/mol. The molecule has 18 heavy (non-hydrogen) atoms. The first-order chi connectivity index (χ1) is 8.65. The second-order valence-corrected chi connectivity index (χ2v) is 4.59. The zero-order chi connectivity index (χ0) is 13.0. The summed E-state index contributed by atoms with van der Waals surface area (Å²) in [7, 11) is 0. The molecule has 94 valence electrons. The Morgan fingerprint density at radius 2 is 1.61 bits per heavy atom. The van der Waals surface area contributed by atoms with Crippen LogP contribution in [0.2, 0.25) is 0 Å². The molecule has 1 nitrogen and oxygen atoms in total. The van der Waals surface area contributed by atoms with Crippen LogP contribution in [0.25, 0.3) is 0 Å². The van der Waals surface area contributed by atoms with Gasteiger partial charge in [0, 0.05) is 0 Å². The SMILES string of the molecule is Cc1ccc([C@H](O)CCc2ccc(F)cc2)cc1. The predicted molar refractivity (Wildman–Crippen MR) is 70.9 cm³/mol. The van der Waals surface area contributed by atoms with Gasteiger partial charge in [-0.3, -0.25) is 0 Å². The van der Waals surface area contributed by atoms with E-state index in [1.165, 1.54) is 17.7 Å². The van der Waals surface area contributed by atoms with Crippen LogP contribution in [-0.4, -0.2) is 5.11 Å². The zero-order valence-electron chi connectivity index (χ0n) is 10.4. The van der Waals surface area contributed by atoms with E-state index in [4.69, 9.17) is 0 Å². The minimum atomic E-state index is -0.462. The third-order valence-corrected chi connectivity index (χ3v) is 3.08. The summed E-state index contributed by atoms with van der Waals surface area (Å²) in [5.41, 5.74) is 3.16. The van der Waals surface area contributed by atoms with Crippen LogP contribution >= 0.6 is 0 Å². The van der Waals surface area contributed by atoms with Crippen molar-refractivity contribution in [3.8, 4) is 0 Å². The maximum atomic E-state index is 12.7. The van der Waals surface area contributed by atoms with Gasteiger partial charge in [0.1, 0.15) is 5.82 Å². The van der Waals surface area contributed by atoms with Crippen LogP contribution < -0.4 is 0 Å². The van der Waals surface area contributed by atoms with Crippen molar-refractivity contribution in [3.63, 3.8) is 0 Å². The highest BCUT2D eigenvalue weighted by molar-refractivity contribution is 5.23. The number of rotatable bonds is 4. The van der Waals surface area contributed by atoms with E-state index in [2.05, 4.69) is 0 Å². The van der Waals surface area contributed by atoms with E-state index in [1.807, 2.05) is 31.2 Å². The minimum Gasteiger partial charge on any atom is -0.388 e. The Morgan fingerprint density at radius 1 is 1.00 bits per heavy atom. The molecule has 0 spiro atoms. The number of aliphatic hydroxyl groups is 1. The Balaban J connectivity index is 1.93. The number of halogens is 1. The molecule has 2 rings (SSSR count). The molecule has 0 heterocycles. The molecule has 1 atom stereocenters. The molecule has 2 aromatic carbocycles. The first-order valence-corrected chi connectivity index (χ1v) is 6.14. The molecule has 2 aromatic rings. The molecule has 0 radical (unpaired) electrons. The van der Waals surface area contributed by atoms with E-state index >= 15 is 0 Å². The van der Waals surface area contributed by atoms with Crippen molar-refractivity contribution in [2.24, 2.45) is 0 Å². The standard InChI is InChI=1S/C16H17FO/c1-12-2-7-14(8-3-12)16(18)11-6-13-4-9-15(17)10-5-13/h2-5,7-10,16,18H,6,11H2,1H3/t16-/m1/s1. The van der Waals surface area contributed by atoms with Crippen molar-refractivity contribution >= 4 is 0 Å². The van der Waals surface area contributed by atoms with Crippen LogP contribution in [0.15, 0.2) is 48.5 Å². The van der Waals surface area contributed by atoms with Crippen LogP contribution in [0.1, 0.15) is 29.2 Å². The fourth-order valence-corrected chi connectivity index (χ4v) is 1.91. The topological polar surface area (TPSA) is 20.2 Å². The molecule has 0 amide bonds. The number of hydrogen-bond acceptors (Lipinski definition) is 1. The lowest BCUT2D eigenvalue weighted by molar-refractivity contribution is 0.168. The van der Waals surface area contributed by atoms with Crippen LogP contribution in [-0.2, 0) is 6.42 Å². The summed E-state index contributed by atoms with van der Waals surface area (Å²) in [5, 5.41) is 10.1. The molecule has 2 heteroatoms. The third kappa shape index (κ3) is 3.41. The number of aryl methyl sites for hydroxylation is 2. The number of hydrogen-bond donors (Lipinski definition) is 1. The predicted octanol–water partition coefficient (Wildman–Crippen LogP) is 3.80. The Hall–Kier alpha value is -1.67. The Labute approximate surface area is 107 Å². The lowest BCUT2D eigenvalue weighted by Crippen LogP contribution is -1.99. The minimum absolute atomic E-state index is 0.224. The quantitative estimate of drug-likeness (QED) is 0.867. The summed E-state index contributed by atoms with van der Waals surface area (Å²) < 4.78 is 12.7. The van der Waals surface area contributed by atoms with Crippen LogP contribution in [0, 0.1) is 12.7 Å². The average molecular weight is 244 g/mol. The summed E-state index contributed by atoms with van der Waals surface area (Å²) in [6.45, 7) is 2.02. The molecule has 0 saturated carbocycles. The summed E-state index contributed by atoms with van der Waals surface area (Å²) in [4.78, 5) is 0. The maximum Gasteiger partial charge on any atom is 0.123 e. The third-order valence-electron chi connectivity index (χ3n) is 3.08. The van der Waals surface area contributed by atoms with Gasteiger partial charge in [-0.2, -0.15) is 0 Å². The summed E-state index contributed by atoms with van der Waals surface area (Å²) >= 11 is 0. The summed E-state index contributed by atoms with van der Waals surface area (Å²) in [6, 6.07) is 14.3. The highest BCUT2D eigenvalue weighted by Crippen LogP contribution is 2.19. The van der Waals surface area contributed by atoms with E-state index in [-0.39, 0.29) is 5.82 Å². The molecule has 1 N–H and O–H groups in total. The van der Waals surface area contributed by atoms with Crippen LogP contribution in [0.4, 0.5) is 4.39 Å². The Morgan fingerprint density at radius 3 is 2.22 bits per heavy atom. The maximum absolute atomic E-state index is 12.7. The van der Waals surface area contributed by atoms with Gasteiger partial charge in [0.25, 0.3) is 0 Å². The van der Waals surface area contributed by atoms with Gasteiger partial charge in [0.2, 0.25) is 0 Å². The van der Waals surface area contributed by atoms with E-state index in [0.29, 0.717) is 6.42 Å². The van der Waals surface area contributed by atoms with Crippen molar-refractivity contribution in [2.45, 2.75) is 25.9 Å². The van der Waals surface area contributed by atoms with E-state index in [9.17, 15) is 9.50 Å². The van der Waals surface area contributed by atoms with Gasteiger partial charge in [-0.1, -0.05) is 42.0 Å². The fraction of sp³-hybridized carbons (Fsp3) is 0.250. The van der Waals surface area contributed by atoms with Crippen molar-refractivity contribution in [1.82, 2.24) is 0 Å². The Kier molecular flexibility index (Phi) is 4.11. The van der Waals surface area contributed by atoms with Gasteiger partial charge in [-0.05, 0) is 43.0 Å². The van der Waals surface area contributed by atoms with Gasteiger partial charge in [0.05, 0.1) is 6.10 Å². The van der Waals surface area contributed by atoms with Crippen LogP contribution in [0.5, 0.6) is 0 Å². The average Bonchev–Trinajstić information content (AvgIpc) is 2.38. The molecule has 0 saturated heterocycles. The van der Waals surface area contributed by atoms with Crippen LogP contribution in [0.3, 0.4) is 0 Å². The molecule has 0 aliphatic carbocycles. The molecule has 0 aliphatic rings. The Bertz CT molecular complexity index is 488. The van der Waals surface area contributed by atoms with Gasteiger partial charge >= 0.3 is 0 Å². The zero-order valence-corrected chi connectivity index (χ0v) is 10.4. The number of benzene rings is 2. The van der Waals surface area contributed by atoms with E-state index in [1.54, 1.807) is 12.1 Å². The largest absolute Gasteiger partial charge is 0.388 e. The first-order valence-electron chi connectivity index (χ1n) is 6.14. The van der Waals surface area contributed by atoms with Crippen molar-refractivity contribution in [2.75, 3.05) is 0 Å². The van der Waals surface area contributed by atoms with Gasteiger partial charge in [0.15, 0.2) is 0 Å². The second-order valence-electron chi connectivity index (χ2n) is 4.59. The van der Waals surface area contributed by atoms with Crippen molar-refractivity contribution in [1.29, 1.82) is 0 Å². The van der Waals surface area contributed by atoms with Crippen molar-refractivity contribution < 1.29 is 9.50 Å². The first kappa shape index (κ1) is 12.8.